The molecule has 0 aliphatic rings. The van der Waals surface area contributed by atoms with Crippen LogP contribution in [0.5, 0.6) is 0 Å². The molecule has 0 atom stereocenters. The summed E-state index contributed by atoms with van der Waals surface area (Å²) in [4.78, 5) is 22.5. The number of nitrogens with two attached hydrogens (primary N) is 1. The fourth-order valence-electron chi connectivity index (χ4n) is 2.01. The second kappa shape index (κ2) is 6.33. The van der Waals surface area contributed by atoms with Crippen LogP contribution in [0.3, 0.4) is 0 Å². The highest BCUT2D eigenvalue weighted by Gasteiger charge is 2.22. The van der Waals surface area contributed by atoms with Gasteiger partial charge in [0.2, 0.25) is 0 Å². The van der Waals surface area contributed by atoms with Crippen molar-refractivity contribution in [1.29, 1.82) is 0 Å². The van der Waals surface area contributed by atoms with Crippen molar-refractivity contribution in [3.05, 3.63) is 33.9 Å². The SMILES string of the molecule is CCCC(C)(C)NC(=O)c1ccc(NN)c([N+](=O)[O-])c1. The number of rotatable bonds is 6. The van der Waals surface area contributed by atoms with E-state index in [1.54, 1.807) is 0 Å². The van der Waals surface area contributed by atoms with E-state index < -0.39 is 4.92 Å². The molecule has 0 aliphatic heterocycles. The van der Waals surface area contributed by atoms with Crippen molar-refractivity contribution in [3.8, 4) is 0 Å². The lowest BCUT2D eigenvalue weighted by Gasteiger charge is -2.25. The van der Waals surface area contributed by atoms with Gasteiger partial charge in [-0.15, -0.1) is 0 Å². The van der Waals surface area contributed by atoms with Crippen LogP contribution in [0.2, 0.25) is 0 Å². The number of nitro benzene ring substituents is 1. The van der Waals surface area contributed by atoms with Gasteiger partial charge in [0, 0.05) is 17.2 Å². The van der Waals surface area contributed by atoms with Crippen molar-refractivity contribution >= 4 is 17.3 Å². The van der Waals surface area contributed by atoms with Crippen LogP contribution < -0.4 is 16.6 Å². The minimum atomic E-state index is -0.580. The molecule has 0 bridgehead atoms. The Morgan fingerprint density at radius 1 is 1.45 bits per heavy atom. The highest BCUT2D eigenvalue weighted by molar-refractivity contribution is 5.96. The van der Waals surface area contributed by atoms with Gasteiger partial charge in [-0.2, -0.15) is 0 Å². The van der Waals surface area contributed by atoms with Crippen LogP contribution in [-0.4, -0.2) is 16.4 Å². The molecule has 0 unspecified atom stereocenters. The van der Waals surface area contributed by atoms with E-state index in [4.69, 9.17) is 5.84 Å². The van der Waals surface area contributed by atoms with Gasteiger partial charge in [-0.25, -0.2) is 0 Å². The molecule has 0 aromatic heterocycles. The van der Waals surface area contributed by atoms with Crippen LogP contribution in [0.4, 0.5) is 11.4 Å². The second-order valence-electron chi connectivity index (χ2n) is 5.22. The third kappa shape index (κ3) is 3.92. The number of carbonyl (C=O) groups excluding carboxylic acids is 1. The first-order valence-electron chi connectivity index (χ1n) is 6.38. The normalized spacial score (nSPS) is 11.0. The van der Waals surface area contributed by atoms with E-state index in [1.165, 1.54) is 18.2 Å². The van der Waals surface area contributed by atoms with Gasteiger partial charge in [-0.05, 0) is 32.4 Å². The maximum Gasteiger partial charge on any atom is 0.294 e. The molecule has 1 aromatic rings. The van der Waals surface area contributed by atoms with Crippen molar-refractivity contribution in [3.63, 3.8) is 0 Å². The zero-order valence-corrected chi connectivity index (χ0v) is 11.9. The van der Waals surface area contributed by atoms with Gasteiger partial charge in [0.15, 0.2) is 0 Å². The Bertz CT molecular complexity index is 514. The number of hydrogen-bond donors (Lipinski definition) is 3. The maximum atomic E-state index is 12.1. The first-order valence-corrected chi connectivity index (χ1v) is 6.38. The number of nitrogens with one attached hydrogen (secondary N) is 2. The summed E-state index contributed by atoms with van der Waals surface area (Å²) >= 11 is 0. The van der Waals surface area contributed by atoms with Crippen molar-refractivity contribution in [1.82, 2.24) is 5.32 Å². The molecule has 1 amide bonds. The number of nitrogen functional groups attached to an aromatic ring is 1. The number of carbonyl (C=O) groups is 1. The van der Waals surface area contributed by atoms with Crippen LogP contribution in [0.1, 0.15) is 44.0 Å². The average molecular weight is 280 g/mol. The van der Waals surface area contributed by atoms with Crippen molar-refractivity contribution in [2.24, 2.45) is 5.84 Å². The predicted octanol–water partition coefficient (Wildman–Crippen LogP) is 2.19. The first-order chi connectivity index (χ1) is 9.30. The monoisotopic (exact) mass is 280 g/mol. The van der Waals surface area contributed by atoms with Crippen molar-refractivity contribution in [2.75, 3.05) is 5.43 Å². The van der Waals surface area contributed by atoms with E-state index in [0.717, 1.165) is 12.8 Å². The van der Waals surface area contributed by atoms with Gasteiger partial charge in [-0.3, -0.25) is 20.8 Å². The minimum Gasteiger partial charge on any atom is -0.347 e. The summed E-state index contributed by atoms with van der Waals surface area (Å²) in [5.74, 6) is 4.86. The quantitative estimate of drug-likeness (QED) is 0.420. The number of hydrogen-bond acceptors (Lipinski definition) is 5. The van der Waals surface area contributed by atoms with Crippen LogP contribution in [-0.2, 0) is 0 Å². The third-order valence-corrected chi connectivity index (χ3v) is 2.94. The molecule has 0 heterocycles. The molecule has 0 spiro atoms. The predicted molar refractivity (Wildman–Crippen MR) is 77.4 cm³/mol. The summed E-state index contributed by atoms with van der Waals surface area (Å²) in [5.41, 5.74) is 2.06. The van der Waals surface area contributed by atoms with Crippen LogP contribution in [0.25, 0.3) is 0 Å². The number of amides is 1. The largest absolute Gasteiger partial charge is 0.347 e. The Morgan fingerprint density at radius 2 is 2.10 bits per heavy atom. The lowest BCUT2D eigenvalue weighted by atomic mass is 9.98. The van der Waals surface area contributed by atoms with E-state index in [-0.39, 0.29) is 28.4 Å². The standard InChI is InChI=1S/C13H20N4O3/c1-4-7-13(2,3)15-12(18)9-5-6-10(16-14)11(8-9)17(19)20/h5-6,8,16H,4,7,14H2,1-3H3,(H,15,18). The van der Waals surface area contributed by atoms with Crippen LogP contribution in [0, 0.1) is 10.1 Å². The molecule has 110 valence electrons. The van der Waals surface area contributed by atoms with E-state index in [2.05, 4.69) is 10.7 Å². The first kappa shape index (κ1) is 15.9. The molecular weight excluding hydrogens is 260 g/mol. The zero-order valence-electron chi connectivity index (χ0n) is 11.9. The fourth-order valence-corrected chi connectivity index (χ4v) is 2.01. The lowest BCUT2D eigenvalue weighted by molar-refractivity contribution is -0.384. The van der Waals surface area contributed by atoms with E-state index in [1.807, 2.05) is 20.8 Å². The van der Waals surface area contributed by atoms with Crippen LogP contribution >= 0.6 is 0 Å². The second-order valence-corrected chi connectivity index (χ2v) is 5.22. The Morgan fingerprint density at radius 3 is 2.60 bits per heavy atom. The molecule has 0 aliphatic carbocycles. The number of nitro groups is 1. The lowest BCUT2D eigenvalue weighted by Crippen LogP contribution is -2.43. The topological polar surface area (TPSA) is 110 Å². The van der Waals surface area contributed by atoms with Crippen LogP contribution in [0.15, 0.2) is 18.2 Å². The van der Waals surface area contributed by atoms with Gasteiger partial charge in [0.25, 0.3) is 11.6 Å². The summed E-state index contributed by atoms with van der Waals surface area (Å²) in [7, 11) is 0. The Balaban J connectivity index is 3.00. The van der Waals surface area contributed by atoms with Crippen molar-refractivity contribution < 1.29 is 9.72 Å². The van der Waals surface area contributed by atoms with Gasteiger partial charge >= 0.3 is 0 Å². The molecule has 1 aromatic carbocycles. The van der Waals surface area contributed by atoms with Gasteiger partial charge in [0.05, 0.1) is 4.92 Å². The Hall–Kier alpha value is -2.15. The fraction of sp³-hybridized carbons (Fsp3) is 0.462. The zero-order chi connectivity index (χ0) is 15.3. The average Bonchev–Trinajstić information content (AvgIpc) is 2.37. The van der Waals surface area contributed by atoms with E-state index >= 15 is 0 Å². The Labute approximate surface area is 117 Å². The molecular formula is C13H20N4O3. The molecule has 7 nitrogen and oxygen atoms in total. The molecule has 1 rings (SSSR count). The highest BCUT2D eigenvalue weighted by atomic mass is 16.6. The van der Waals surface area contributed by atoms with E-state index in [9.17, 15) is 14.9 Å². The Kier molecular flexibility index (Phi) is 5.04. The van der Waals surface area contributed by atoms with E-state index in [0.29, 0.717) is 0 Å². The minimum absolute atomic E-state index is 0.166. The number of hydrazine groups is 1. The molecule has 0 saturated carbocycles. The van der Waals surface area contributed by atoms with Gasteiger partial charge in [-0.1, -0.05) is 13.3 Å². The molecule has 0 radical (unpaired) electrons. The molecule has 20 heavy (non-hydrogen) atoms. The third-order valence-electron chi connectivity index (χ3n) is 2.94. The summed E-state index contributed by atoms with van der Waals surface area (Å²) in [6.07, 6.45) is 1.76. The number of nitrogens with zero attached hydrogens (tertiary/aromatic N) is 1. The summed E-state index contributed by atoms with van der Waals surface area (Å²) in [5, 5.41) is 13.8. The summed E-state index contributed by atoms with van der Waals surface area (Å²) < 4.78 is 0. The molecule has 4 N–H and O–H groups in total. The molecule has 0 saturated heterocycles. The molecule has 0 fully saturated rings. The molecule has 7 heteroatoms. The number of benzene rings is 1. The summed E-state index contributed by atoms with van der Waals surface area (Å²) in [6.45, 7) is 5.86. The summed E-state index contributed by atoms with van der Waals surface area (Å²) in [6, 6.07) is 4.13. The highest BCUT2D eigenvalue weighted by Crippen LogP contribution is 2.25. The maximum absolute atomic E-state index is 12.1. The smallest absolute Gasteiger partial charge is 0.294 e. The van der Waals surface area contributed by atoms with Crippen molar-refractivity contribution in [2.45, 2.75) is 39.2 Å². The van der Waals surface area contributed by atoms with Gasteiger partial charge < -0.3 is 10.7 Å². The number of anilines is 1. The van der Waals surface area contributed by atoms with Gasteiger partial charge in [0.1, 0.15) is 5.69 Å².